The molecule has 1 unspecified atom stereocenters. The molecule has 2 nitrogen and oxygen atoms in total. The van der Waals surface area contributed by atoms with Gasteiger partial charge in [0.25, 0.3) is 0 Å². The molecule has 0 heterocycles. The van der Waals surface area contributed by atoms with Gasteiger partial charge < -0.3 is 4.74 Å². The van der Waals surface area contributed by atoms with Crippen molar-refractivity contribution in [2.45, 2.75) is 12.3 Å². The first-order valence-corrected chi connectivity index (χ1v) is 5.91. The van der Waals surface area contributed by atoms with E-state index in [-0.39, 0.29) is 5.92 Å². The fraction of sp³-hybridized carbons (Fsp3) is 0.188. The maximum atomic E-state index is 8.99. The van der Waals surface area contributed by atoms with Crippen molar-refractivity contribution in [3.8, 4) is 11.8 Å². The summed E-state index contributed by atoms with van der Waals surface area (Å²) in [6, 6.07) is 20.3. The van der Waals surface area contributed by atoms with E-state index in [2.05, 4.69) is 18.2 Å². The Balaban J connectivity index is 2.33. The summed E-state index contributed by atoms with van der Waals surface area (Å²) in [4.78, 5) is 0. The van der Waals surface area contributed by atoms with Crippen molar-refractivity contribution >= 4 is 0 Å². The second-order valence-corrected chi connectivity index (χ2v) is 4.10. The highest BCUT2D eigenvalue weighted by Crippen LogP contribution is 2.28. The highest BCUT2D eigenvalue weighted by Gasteiger charge is 2.13. The SMILES string of the molecule is COc1ccc(C(CC#N)c2ccccc2)cc1. The van der Waals surface area contributed by atoms with Crippen LogP contribution in [0.4, 0.5) is 0 Å². The molecule has 0 aliphatic carbocycles. The van der Waals surface area contributed by atoms with Crippen LogP contribution in [0.25, 0.3) is 0 Å². The van der Waals surface area contributed by atoms with Crippen molar-refractivity contribution in [3.05, 3.63) is 65.7 Å². The van der Waals surface area contributed by atoms with Crippen molar-refractivity contribution < 1.29 is 4.74 Å². The molecular formula is C16H15NO. The molecular weight excluding hydrogens is 222 g/mol. The molecule has 2 heteroatoms. The highest BCUT2D eigenvalue weighted by atomic mass is 16.5. The first-order valence-electron chi connectivity index (χ1n) is 5.91. The minimum atomic E-state index is 0.127. The predicted octanol–water partition coefficient (Wildman–Crippen LogP) is 3.74. The van der Waals surface area contributed by atoms with Crippen LogP contribution < -0.4 is 4.74 Å². The molecule has 0 saturated heterocycles. The molecule has 2 aromatic rings. The lowest BCUT2D eigenvalue weighted by molar-refractivity contribution is 0.414. The third-order valence-electron chi connectivity index (χ3n) is 3.02. The van der Waals surface area contributed by atoms with Gasteiger partial charge in [0.15, 0.2) is 0 Å². The maximum Gasteiger partial charge on any atom is 0.118 e. The van der Waals surface area contributed by atoms with Crippen LogP contribution in [0.1, 0.15) is 23.5 Å². The molecule has 0 radical (unpaired) electrons. The van der Waals surface area contributed by atoms with Gasteiger partial charge in [-0.25, -0.2) is 0 Å². The van der Waals surface area contributed by atoms with Crippen LogP contribution in [-0.2, 0) is 0 Å². The quantitative estimate of drug-likeness (QED) is 0.811. The molecule has 0 saturated carbocycles. The lowest BCUT2D eigenvalue weighted by atomic mass is 9.89. The van der Waals surface area contributed by atoms with E-state index in [0.717, 1.165) is 11.3 Å². The Morgan fingerprint density at radius 1 is 1.00 bits per heavy atom. The van der Waals surface area contributed by atoms with E-state index in [4.69, 9.17) is 10.00 Å². The van der Waals surface area contributed by atoms with Crippen molar-refractivity contribution in [1.29, 1.82) is 5.26 Å². The monoisotopic (exact) mass is 237 g/mol. The van der Waals surface area contributed by atoms with Gasteiger partial charge in [-0.15, -0.1) is 0 Å². The number of ether oxygens (including phenoxy) is 1. The summed E-state index contributed by atoms with van der Waals surface area (Å²) in [5, 5.41) is 8.99. The molecule has 18 heavy (non-hydrogen) atoms. The fourth-order valence-electron chi connectivity index (χ4n) is 2.04. The Bertz CT molecular complexity index is 525. The molecule has 2 rings (SSSR count). The van der Waals surface area contributed by atoms with Gasteiger partial charge in [-0.1, -0.05) is 42.5 Å². The molecule has 0 N–H and O–H groups in total. The van der Waals surface area contributed by atoms with E-state index in [9.17, 15) is 0 Å². The van der Waals surface area contributed by atoms with Gasteiger partial charge in [-0.3, -0.25) is 0 Å². The summed E-state index contributed by atoms with van der Waals surface area (Å²) >= 11 is 0. The molecule has 0 amide bonds. The zero-order valence-electron chi connectivity index (χ0n) is 10.3. The zero-order chi connectivity index (χ0) is 12.8. The Morgan fingerprint density at radius 2 is 1.61 bits per heavy atom. The minimum Gasteiger partial charge on any atom is -0.497 e. The van der Waals surface area contributed by atoms with Gasteiger partial charge in [0.1, 0.15) is 5.75 Å². The minimum absolute atomic E-state index is 0.127. The third kappa shape index (κ3) is 2.70. The number of benzene rings is 2. The molecule has 1 atom stereocenters. The normalized spacial score (nSPS) is 11.6. The van der Waals surface area contributed by atoms with E-state index < -0.39 is 0 Å². The van der Waals surface area contributed by atoms with Gasteiger partial charge >= 0.3 is 0 Å². The summed E-state index contributed by atoms with van der Waals surface area (Å²) < 4.78 is 5.15. The smallest absolute Gasteiger partial charge is 0.118 e. The maximum absolute atomic E-state index is 8.99. The number of methoxy groups -OCH3 is 1. The van der Waals surface area contributed by atoms with Crippen LogP contribution in [-0.4, -0.2) is 7.11 Å². The van der Waals surface area contributed by atoms with Crippen LogP contribution in [0, 0.1) is 11.3 Å². The molecule has 0 fully saturated rings. The number of rotatable bonds is 4. The summed E-state index contributed by atoms with van der Waals surface area (Å²) in [7, 11) is 1.65. The molecule has 0 aromatic heterocycles. The van der Waals surface area contributed by atoms with E-state index >= 15 is 0 Å². The molecule has 0 aliphatic rings. The van der Waals surface area contributed by atoms with Crippen LogP contribution in [0.3, 0.4) is 0 Å². The Hall–Kier alpha value is -2.27. The van der Waals surface area contributed by atoms with Crippen LogP contribution in [0.15, 0.2) is 54.6 Å². The fourth-order valence-corrected chi connectivity index (χ4v) is 2.04. The first kappa shape index (κ1) is 12.2. The third-order valence-corrected chi connectivity index (χ3v) is 3.02. The van der Waals surface area contributed by atoms with E-state index in [1.54, 1.807) is 7.11 Å². The molecule has 90 valence electrons. The Labute approximate surface area is 107 Å². The summed E-state index contributed by atoms with van der Waals surface area (Å²) in [6.07, 6.45) is 0.482. The van der Waals surface area contributed by atoms with E-state index in [0.29, 0.717) is 6.42 Å². The number of nitrogens with zero attached hydrogens (tertiary/aromatic N) is 1. The molecule has 2 aromatic carbocycles. The summed E-state index contributed by atoms with van der Waals surface area (Å²) in [6.45, 7) is 0. The number of nitriles is 1. The van der Waals surface area contributed by atoms with Gasteiger partial charge in [0.2, 0.25) is 0 Å². The van der Waals surface area contributed by atoms with Gasteiger partial charge in [-0.05, 0) is 23.3 Å². The number of hydrogen-bond acceptors (Lipinski definition) is 2. The zero-order valence-corrected chi connectivity index (χ0v) is 10.3. The lowest BCUT2D eigenvalue weighted by Gasteiger charge is -2.15. The van der Waals surface area contributed by atoms with Crippen molar-refractivity contribution in [2.75, 3.05) is 7.11 Å². The van der Waals surface area contributed by atoms with Crippen molar-refractivity contribution in [1.82, 2.24) is 0 Å². The largest absolute Gasteiger partial charge is 0.497 e. The summed E-state index contributed by atoms with van der Waals surface area (Å²) in [5.74, 6) is 0.963. The van der Waals surface area contributed by atoms with Gasteiger partial charge in [-0.2, -0.15) is 5.26 Å². The second kappa shape index (κ2) is 5.88. The Morgan fingerprint density at radius 3 is 2.17 bits per heavy atom. The highest BCUT2D eigenvalue weighted by molar-refractivity contribution is 5.36. The van der Waals surface area contributed by atoms with Crippen LogP contribution >= 0.6 is 0 Å². The number of hydrogen-bond donors (Lipinski definition) is 0. The average Bonchev–Trinajstić information content (AvgIpc) is 2.46. The topological polar surface area (TPSA) is 33.0 Å². The van der Waals surface area contributed by atoms with Crippen molar-refractivity contribution in [2.24, 2.45) is 0 Å². The predicted molar refractivity (Wildman–Crippen MR) is 71.5 cm³/mol. The standard InChI is InChI=1S/C16H15NO/c1-18-15-9-7-14(8-10-15)16(11-12-17)13-5-3-2-4-6-13/h2-10,16H,11H2,1H3. The second-order valence-electron chi connectivity index (χ2n) is 4.10. The first-order chi connectivity index (χ1) is 8.85. The summed E-state index contributed by atoms with van der Waals surface area (Å²) in [5.41, 5.74) is 2.31. The lowest BCUT2D eigenvalue weighted by Crippen LogP contribution is -2.00. The van der Waals surface area contributed by atoms with E-state index in [1.165, 1.54) is 5.56 Å². The van der Waals surface area contributed by atoms with E-state index in [1.807, 2.05) is 42.5 Å². The molecule has 0 bridgehead atoms. The van der Waals surface area contributed by atoms with Crippen molar-refractivity contribution in [3.63, 3.8) is 0 Å². The Kier molecular flexibility index (Phi) is 3.98. The molecule has 0 spiro atoms. The van der Waals surface area contributed by atoms with Gasteiger partial charge in [0.05, 0.1) is 13.2 Å². The average molecular weight is 237 g/mol. The van der Waals surface area contributed by atoms with Gasteiger partial charge in [0, 0.05) is 12.3 Å². The van der Waals surface area contributed by atoms with Crippen LogP contribution in [0.5, 0.6) is 5.75 Å². The van der Waals surface area contributed by atoms with Crippen LogP contribution in [0.2, 0.25) is 0 Å². The molecule has 0 aliphatic heterocycles.